The van der Waals surface area contributed by atoms with Crippen molar-refractivity contribution in [2.45, 2.75) is 0 Å². The van der Waals surface area contributed by atoms with Gasteiger partial charge >= 0.3 is 5.97 Å². The minimum absolute atomic E-state index is 0.00193. The molecule has 0 aliphatic rings. The SMILES string of the molecule is CN(C)CC(=O)Nc1cc(F)c(F)cc1C(=O)O. The van der Waals surface area contributed by atoms with Gasteiger partial charge in [-0.3, -0.25) is 4.79 Å². The monoisotopic (exact) mass is 258 g/mol. The van der Waals surface area contributed by atoms with E-state index in [1.165, 1.54) is 0 Å². The van der Waals surface area contributed by atoms with Crippen LogP contribution in [-0.2, 0) is 4.79 Å². The molecule has 0 aliphatic carbocycles. The van der Waals surface area contributed by atoms with Gasteiger partial charge in [0, 0.05) is 6.07 Å². The van der Waals surface area contributed by atoms with E-state index in [-0.39, 0.29) is 12.2 Å². The van der Waals surface area contributed by atoms with Gasteiger partial charge in [-0.15, -0.1) is 0 Å². The van der Waals surface area contributed by atoms with Gasteiger partial charge in [-0.05, 0) is 20.2 Å². The van der Waals surface area contributed by atoms with Crippen molar-refractivity contribution in [2.75, 3.05) is 26.0 Å². The number of benzene rings is 1. The summed E-state index contributed by atoms with van der Waals surface area (Å²) in [6.45, 7) is -0.00193. The average molecular weight is 258 g/mol. The highest BCUT2D eigenvalue weighted by Gasteiger charge is 2.17. The van der Waals surface area contributed by atoms with E-state index in [1.807, 2.05) is 0 Å². The highest BCUT2D eigenvalue weighted by atomic mass is 19.2. The molecule has 0 fully saturated rings. The van der Waals surface area contributed by atoms with Gasteiger partial charge in [-0.25, -0.2) is 13.6 Å². The van der Waals surface area contributed by atoms with Crippen LogP contribution in [0.15, 0.2) is 12.1 Å². The van der Waals surface area contributed by atoms with Crippen molar-refractivity contribution in [3.8, 4) is 0 Å². The summed E-state index contributed by atoms with van der Waals surface area (Å²) < 4.78 is 25.9. The first-order valence-electron chi connectivity index (χ1n) is 4.98. The van der Waals surface area contributed by atoms with Gasteiger partial charge in [0.1, 0.15) is 0 Å². The Bertz CT molecular complexity index is 489. The van der Waals surface area contributed by atoms with Crippen LogP contribution in [0.2, 0.25) is 0 Å². The number of carboxylic acids is 1. The second-order valence-corrected chi connectivity index (χ2v) is 3.90. The van der Waals surface area contributed by atoms with Crippen LogP contribution in [0, 0.1) is 11.6 Å². The number of carbonyl (C=O) groups excluding carboxylic acids is 1. The summed E-state index contributed by atoms with van der Waals surface area (Å²) in [5, 5.41) is 11.0. The molecule has 18 heavy (non-hydrogen) atoms. The Hall–Kier alpha value is -2.02. The summed E-state index contributed by atoms with van der Waals surface area (Å²) in [6.07, 6.45) is 0. The predicted octanol–water partition coefficient (Wildman–Crippen LogP) is 1.16. The first kappa shape index (κ1) is 14.0. The molecule has 5 nitrogen and oxygen atoms in total. The Morgan fingerprint density at radius 1 is 1.28 bits per heavy atom. The van der Waals surface area contributed by atoms with E-state index in [0.717, 1.165) is 0 Å². The topological polar surface area (TPSA) is 69.6 Å². The Morgan fingerprint density at radius 3 is 2.33 bits per heavy atom. The summed E-state index contributed by atoms with van der Waals surface area (Å²) in [7, 11) is 3.28. The third-order valence-corrected chi connectivity index (χ3v) is 2.02. The minimum atomic E-state index is -1.45. The molecule has 1 aromatic carbocycles. The average Bonchev–Trinajstić information content (AvgIpc) is 2.21. The van der Waals surface area contributed by atoms with Gasteiger partial charge in [0.25, 0.3) is 0 Å². The van der Waals surface area contributed by atoms with E-state index < -0.39 is 29.1 Å². The number of likely N-dealkylation sites (N-methyl/N-ethyl adjacent to an activating group) is 1. The van der Waals surface area contributed by atoms with Crippen LogP contribution in [0.1, 0.15) is 10.4 Å². The lowest BCUT2D eigenvalue weighted by atomic mass is 10.1. The normalized spacial score (nSPS) is 10.5. The zero-order valence-corrected chi connectivity index (χ0v) is 9.83. The second-order valence-electron chi connectivity index (χ2n) is 3.90. The van der Waals surface area contributed by atoms with E-state index >= 15 is 0 Å². The predicted molar refractivity (Wildman–Crippen MR) is 60.5 cm³/mol. The number of anilines is 1. The molecule has 2 N–H and O–H groups in total. The number of nitrogens with zero attached hydrogens (tertiary/aromatic N) is 1. The molecule has 0 saturated heterocycles. The van der Waals surface area contributed by atoms with Gasteiger partial charge in [0.2, 0.25) is 5.91 Å². The van der Waals surface area contributed by atoms with Crippen LogP contribution in [0.25, 0.3) is 0 Å². The smallest absolute Gasteiger partial charge is 0.337 e. The third-order valence-electron chi connectivity index (χ3n) is 2.02. The molecule has 0 spiro atoms. The molecule has 1 aromatic rings. The maximum absolute atomic E-state index is 13.0. The van der Waals surface area contributed by atoms with Crippen LogP contribution in [-0.4, -0.2) is 42.5 Å². The lowest BCUT2D eigenvalue weighted by Crippen LogP contribution is -2.27. The Labute approximate surface area is 102 Å². The molecule has 0 aromatic heterocycles. The molecule has 0 atom stereocenters. The molecule has 98 valence electrons. The molecule has 0 radical (unpaired) electrons. The number of hydrogen-bond donors (Lipinski definition) is 2. The molecule has 0 heterocycles. The van der Waals surface area contributed by atoms with Crippen LogP contribution in [0.4, 0.5) is 14.5 Å². The number of amides is 1. The first-order chi connectivity index (χ1) is 8.31. The van der Waals surface area contributed by atoms with Gasteiger partial charge in [0.15, 0.2) is 11.6 Å². The lowest BCUT2D eigenvalue weighted by molar-refractivity contribution is -0.116. The van der Waals surface area contributed by atoms with E-state index in [4.69, 9.17) is 5.11 Å². The number of hydrogen-bond acceptors (Lipinski definition) is 3. The molecule has 0 aliphatic heterocycles. The largest absolute Gasteiger partial charge is 0.478 e. The summed E-state index contributed by atoms with van der Waals surface area (Å²) in [4.78, 5) is 23.8. The van der Waals surface area contributed by atoms with Crippen molar-refractivity contribution in [3.05, 3.63) is 29.3 Å². The standard InChI is InChI=1S/C11H12F2N2O3/c1-15(2)5-10(16)14-9-4-8(13)7(12)3-6(9)11(17)18/h3-4H,5H2,1-2H3,(H,14,16)(H,17,18). The fraction of sp³-hybridized carbons (Fsp3) is 0.273. The third kappa shape index (κ3) is 3.49. The quantitative estimate of drug-likeness (QED) is 0.850. The van der Waals surface area contributed by atoms with Crippen molar-refractivity contribution >= 4 is 17.6 Å². The molecule has 0 bridgehead atoms. The highest BCUT2D eigenvalue weighted by molar-refractivity contribution is 6.01. The van der Waals surface area contributed by atoms with Crippen LogP contribution in [0.5, 0.6) is 0 Å². The minimum Gasteiger partial charge on any atom is -0.478 e. The van der Waals surface area contributed by atoms with Gasteiger partial charge in [-0.2, -0.15) is 0 Å². The first-order valence-corrected chi connectivity index (χ1v) is 4.98. The second kappa shape index (κ2) is 5.54. The van der Waals surface area contributed by atoms with Crippen molar-refractivity contribution in [2.24, 2.45) is 0 Å². The van der Waals surface area contributed by atoms with Crippen LogP contribution < -0.4 is 5.32 Å². The van der Waals surface area contributed by atoms with E-state index in [1.54, 1.807) is 19.0 Å². The Balaban J connectivity index is 3.04. The summed E-state index contributed by atoms with van der Waals surface area (Å²) >= 11 is 0. The number of nitrogens with one attached hydrogen (secondary N) is 1. The van der Waals surface area contributed by atoms with Gasteiger partial charge in [0.05, 0.1) is 17.8 Å². The van der Waals surface area contributed by atoms with E-state index in [2.05, 4.69) is 5.32 Å². The van der Waals surface area contributed by atoms with Crippen molar-refractivity contribution in [3.63, 3.8) is 0 Å². The molecule has 1 amide bonds. The fourth-order valence-electron chi connectivity index (χ4n) is 1.30. The molecule has 0 unspecified atom stereocenters. The summed E-state index contributed by atoms with van der Waals surface area (Å²) in [5.41, 5.74) is -0.769. The van der Waals surface area contributed by atoms with Crippen molar-refractivity contribution in [1.82, 2.24) is 4.90 Å². The molecular weight excluding hydrogens is 246 g/mol. The maximum atomic E-state index is 13.0. The summed E-state index contributed by atoms with van der Waals surface area (Å²) in [5.74, 6) is -4.47. The van der Waals surface area contributed by atoms with Crippen molar-refractivity contribution in [1.29, 1.82) is 0 Å². The van der Waals surface area contributed by atoms with Crippen LogP contribution in [0.3, 0.4) is 0 Å². The molecule has 7 heteroatoms. The van der Waals surface area contributed by atoms with E-state index in [9.17, 15) is 18.4 Å². The zero-order valence-electron chi connectivity index (χ0n) is 9.83. The van der Waals surface area contributed by atoms with Crippen molar-refractivity contribution < 1.29 is 23.5 Å². The molecule has 0 saturated carbocycles. The lowest BCUT2D eigenvalue weighted by Gasteiger charge is -2.12. The fourth-order valence-corrected chi connectivity index (χ4v) is 1.30. The number of carboxylic acid groups (broad SMARTS) is 1. The highest BCUT2D eigenvalue weighted by Crippen LogP contribution is 2.20. The van der Waals surface area contributed by atoms with Crippen LogP contribution >= 0.6 is 0 Å². The van der Waals surface area contributed by atoms with Gasteiger partial charge < -0.3 is 15.3 Å². The Kier molecular flexibility index (Phi) is 4.33. The maximum Gasteiger partial charge on any atom is 0.337 e. The number of rotatable bonds is 4. The number of carbonyl (C=O) groups is 2. The van der Waals surface area contributed by atoms with Gasteiger partial charge in [-0.1, -0.05) is 0 Å². The Morgan fingerprint density at radius 2 is 1.83 bits per heavy atom. The molecule has 1 rings (SSSR count). The number of aromatic carboxylic acids is 1. The summed E-state index contributed by atoms with van der Waals surface area (Å²) in [6, 6.07) is 1.18. The number of halogens is 2. The van der Waals surface area contributed by atoms with E-state index in [0.29, 0.717) is 12.1 Å². The molecular formula is C11H12F2N2O3. The zero-order chi connectivity index (χ0) is 13.9.